The molecule has 0 saturated heterocycles. The van der Waals surface area contributed by atoms with Crippen LogP contribution in [0.1, 0.15) is 5.56 Å². The molecule has 0 spiro atoms. The highest BCUT2D eigenvalue weighted by atomic mass is 32.1. The van der Waals surface area contributed by atoms with E-state index in [1.54, 1.807) is 19.2 Å². The normalized spacial score (nSPS) is 9.95. The van der Waals surface area contributed by atoms with E-state index in [9.17, 15) is 14.9 Å². The molecule has 0 fully saturated rings. The van der Waals surface area contributed by atoms with E-state index in [2.05, 4.69) is 15.6 Å². The van der Waals surface area contributed by atoms with E-state index in [1.807, 2.05) is 12.1 Å². The lowest BCUT2D eigenvalue weighted by atomic mass is 10.2. The van der Waals surface area contributed by atoms with Crippen molar-refractivity contribution in [2.24, 2.45) is 0 Å². The Morgan fingerprint density at radius 2 is 2.33 bits per heavy atom. The van der Waals surface area contributed by atoms with Crippen LogP contribution in [-0.2, 0) is 6.54 Å². The number of rotatable bonds is 5. The molecule has 8 nitrogen and oxygen atoms in total. The average Bonchev–Trinajstić information content (AvgIpc) is 2.94. The van der Waals surface area contributed by atoms with Gasteiger partial charge in [-0.25, -0.2) is 9.78 Å². The largest absolute Gasteiger partial charge is 0.497 e. The van der Waals surface area contributed by atoms with Crippen LogP contribution in [0.2, 0.25) is 0 Å². The molecule has 1 aromatic carbocycles. The molecule has 0 radical (unpaired) electrons. The maximum atomic E-state index is 11.7. The summed E-state index contributed by atoms with van der Waals surface area (Å²) in [6.07, 6.45) is 1.10. The minimum absolute atomic E-state index is 0.127. The molecule has 9 heteroatoms. The molecule has 2 rings (SSSR count). The Labute approximate surface area is 123 Å². The molecule has 2 aromatic rings. The zero-order valence-electron chi connectivity index (χ0n) is 11.0. The summed E-state index contributed by atoms with van der Waals surface area (Å²) in [5, 5.41) is 15.6. The summed E-state index contributed by atoms with van der Waals surface area (Å²) in [4.78, 5) is 25.4. The topological polar surface area (TPSA) is 106 Å². The number of nitro groups is 1. The smallest absolute Gasteiger partial charge is 0.345 e. The van der Waals surface area contributed by atoms with Crippen LogP contribution in [0.5, 0.6) is 5.75 Å². The molecule has 0 aliphatic heterocycles. The summed E-state index contributed by atoms with van der Waals surface area (Å²) in [5.41, 5.74) is 0.870. The van der Waals surface area contributed by atoms with Crippen molar-refractivity contribution in [3.8, 4) is 5.75 Å². The van der Waals surface area contributed by atoms with Crippen molar-refractivity contribution < 1.29 is 14.5 Å². The number of thiazole rings is 1. The van der Waals surface area contributed by atoms with Crippen molar-refractivity contribution in [3.63, 3.8) is 0 Å². The van der Waals surface area contributed by atoms with E-state index in [0.717, 1.165) is 23.1 Å². The molecule has 0 bridgehead atoms. The van der Waals surface area contributed by atoms with Gasteiger partial charge in [0.15, 0.2) is 5.13 Å². The maximum Gasteiger partial charge on any atom is 0.345 e. The van der Waals surface area contributed by atoms with E-state index in [4.69, 9.17) is 4.74 Å². The van der Waals surface area contributed by atoms with Gasteiger partial charge >= 0.3 is 11.0 Å². The summed E-state index contributed by atoms with van der Waals surface area (Å²) in [6.45, 7) is 0.302. The van der Waals surface area contributed by atoms with Gasteiger partial charge in [-0.3, -0.25) is 15.4 Å². The number of urea groups is 1. The second-order valence-electron chi connectivity index (χ2n) is 3.92. The zero-order chi connectivity index (χ0) is 15.2. The number of nitrogens with one attached hydrogen (secondary N) is 2. The van der Waals surface area contributed by atoms with Crippen LogP contribution in [0.4, 0.5) is 14.9 Å². The lowest BCUT2D eigenvalue weighted by Gasteiger charge is -2.06. The molecule has 110 valence electrons. The second kappa shape index (κ2) is 6.66. The fourth-order valence-corrected chi connectivity index (χ4v) is 2.14. The monoisotopic (exact) mass is 308 g/mol. The molecule has 21 heavy (non-hydrogen) atoms. The molecular formula is C12H12N4O4S. The van der Waals surface area contributed by atoms with Gasteiger partial charge in [0.2, 0.25) is 0 Å². The Morgan fingerprint density at radius 3 is 3.00 bits per heavy atom. The first kappa shape index (κ1) is 14.7. The summed E-state index contributed by atoms with van der Waals surface area (Å²) >= 11 is 0.795. The standard InChI is InChI=1S/C12H12N4O4S/c1-20-9-4-2-3-8(5-9)6-13-11(17)15-12-14-7-10(21-12)16(18)19/h2-5,7H,6H2,1H3,(H2,13,14,15,17). The Balaban J connectivity index is 1.87. The second-order valence-corrected chi connectivity index (χ2v) is 4.93. The van der Waals surface area contributed by atoms with Crippen LogP contribution in [0, 0.1) is 10.1 Å². The van der Waals surface area contributed by atoms with Gasteiger partial charge in [-0.05, 0) is 29.0 Å². The third-order valence-corrected chi connectivity index (χ3v) is 3.35. The third-order valence-electron chi connectivity index (χ3n) is 2.48. The van der Waals surface area contributed by atoms with Crippen LogP contribution in [-0.4, -0.2) is 23.0 Å². The molecule has 2 amide bonds. The summed E-state index contributed by atoms with van der Waals surface area (Å²) in [5.74, 6) is 0.699. The van der Waals surface area contributed by atoms with Crippen molar-refractivity contribution >= 4 is 27.5 Å². The van der Waals surface area contributed by atoms with Gasteiger partial charge in [-0.15, -0.1) is 0 Å². The van der Waals surface area contributed by atoms with Crippen LogP contribution in [0.15, 0.2) is 30.5 Å². The van der Waals surface area contributed by atoms with E-state index >= 15 is 0 Å². The molecule has 2 N–H and O–H groups in total. The number of ether oxygens (including phenoxy) is 1. The third kappa shape index (κ3) is 4.14. The number of aromatic nitrogens is 1. The molecule has 0 atom stereocenters. The lowest BCUT2D eigenvalue weighted by Crippen LogP contribution is -2.28. The maximum absolute atomic E-state index is 11.7. The van der Waals surface area contributed by atoms with Gasteiger partial charge in [0.1, 0.15) is 11.9 Å². The SMILES string of the molecule is COc1cccc(CNC(=O)Nc2ncc([N+](=O)[O-])s2)c1. The van der Waals surface area contributed by atoms with E-state index < -0.39 is 11.0 Å². The lowest BCUT2D eigenvalue weighted by molar-refractivity contribution is -0.380. The molecule has 1 heterocycles. The Kier molecular flexibility index (Phi) is 4.67. The van der Waals surface area contributed by atoms with Gasteiger partial charge in [0.25, 0.3) is 0 Å². The van der Waals surface area contributed by atoms with Crippen molar-refractivity contribution in [2.75, 3.05) is 12.4 Å². The predicted octanol–water partition coefficient (Wildman–Crippen LogP) is 2.38. The van der Waals surface area contributed by atoms with Crippen molar-refractivity contribution in [2.45, 2.75) is 6.54 Å². The number of hydrogen-bond donors (Lipinski definition) is 2. The zero-order valence-corrected chi connectivity index (χ0v) is 11.8. The van der Waals surface area contributed by atoms with Crippen molar-refractivity contribution in [1.82, 2.24) is 10.3 Å². The minimum atomic E-state index is -0.559. The van der Waals surface area contributed by atoms with Gasteiger partial charge in [-0.1, -0.05) is 12.1 Å². The minimum Gasteiger partial charge on any atom is -0.497 e. The van der Waals surface area contributed by atoms with Crippen molar-refractivity contribution in [1.29, 1.82) is 0 Å². The highest BCUT2D eigenvalue weighted by molar-refractivity contribution is 7.18. The number of hydrogen-bond acceptors (Lipinski definition) is 6. The van der Waals surface area contributed by atoms with Crippen LogP contribution in [0.3, 0.4) is 0 Å². The van der Waals surface area contributed by atoms with E-state index in [-0.39, 0.29) is 10.1 Å². The van der Waals surface area contributed by atoms with Crippen LogP contribution in [0.25, 0.3) is 0 Å². The van der Waals surface area contributed by atoms with Gasteiger partial charge in [0.05, 0.1) is 12.0 Å². The number of methoxy groups -OCH3 is 1. The molecule has 0 saturated carbocycles. The highest BCUT2D eigenvalue weighted by Gasteiger charge is 2.13. The van der Waals surface area contributed by atoms with Crippen LogP contribution < -0.4 is 15.4 Å². The molecular weight excluding hydrogens is 296 g/mol. The van der Waals surface area contributed by atoms with Gasteiger partial charge < -0.3 is 10.1 Å². The number of carbonyl (C=O) groups excluding carboxylic acids is 1. The summed E-state index contributed by atoms with van der Waals surface area (Å²) in [6, 6.07) is 6.78. The Bertz CT molecular complexity index is 658. The first-order chi connectivity index (χ1) is 10.1. The van der Waals surface area contributed by atoms with Crippen LogP contribution >= 0.6 is 11.3 Å². The number of amides is 2. The summed E-state index contributed by atoms with van der Waals surface area (Å²) < 4.78 is 5.08. The fourth-order valence-electron chi connectivity index (χ4n) is 1.51. The van der Waals surface area contributed by atoms with Crippen molar-refractivity contribution in [3.05, 3.63) is 46.1 Å². The average molecular weight is 308 g/mol. The molecule has 0 aliphatic rings. The first-order valence-electron chi connectivity index (χ1n) is 5.86. The van der Waals surface area contributed by atoms with E-state index in [0.29, 0.717) is 12.3 Å². The first-order valence-corrected chi connectivity index (χ1v) is 6.68. The Hall–Kier alpha value is -2.68. The van der Waals surface area contributed by atoms with Gasteiger partial charge in [-0.2, -0.15) is 0 Å². The number of nitrogens with zero attached hydrogens (tertiary/aromatic N) is 2. The van der Waals surface area contributed by atoms with E-state index in [1.165, 1.54) is 0 Å². The Morgan fingerprint density at radius 1 is 1.52 bits per heavy atom. The van der Waals surface area contributed by atoms with Gasteiger partial charge in [0, 0.05) is 6.54 Å². The molecule has 0 aliphatic carbocycles. The predicted molar refractivity (Wildman–Crippen MR) is 77.6 cm³/mol. The number of anilines is 1. The fraction of sp³-hybridized carbons (Fsp3) is 0.167. The highest BCUT2D eigenvalue weighted by Crippen LogP contribution is 2.24. The quantitative estimate of drug-likeness (QED) is 0.651. The molecule has 0 unspecified atom stereocenters. The number of carbonyl (C=O) groups is 1. The molecule has 1 aromatic heterocycles. The number of benzene rings is 1. The summed E-state index contributed by atoms with van der Waals surface area (Å²) in [7, 11) is 1.56.